The van der Waals surface area contributed by atoms with Crippen molar-refractivity contribution in [2.45, 2.75) is 193 Å². The molecule has 0 aliphatic carbocycles. The number of aliphatic hydroxyl groups excluding tert-OH is 10. The quantitative estimate of drug-likeness (QED) is 0.0325. The van der Waals surface area contributed by atoms with Gasteiger partial charge in [-0.15, -0.1) is 0 Å². The van der Waals surface area contributed by atoms with Crippen LogP contribution in [-0.4, -0.2) is 286 Å². The summed E-state index contributed by atoms with van der Waals surface area (Å²) in [5.41, 5.74) is 12.3. The second kappa shape index (κ2) is 45.4. The molecule has 45 heteroatoms. The van der Waals surface area contributed by atoms with Crippen molar-refractivity contribution in [2.24, 2.45) is 11.5 Å². The highest BCUT2D eigenvalue weighted by Crippen LogP contribution is 2.27. The lowest BCUT2D eigenvalue weighted by Crippen LogP contribution is -2.64. The van der Waals surface area contributed by atoms with Gasteiger partial charge >= 0.3 is 0 Å². The van der Waals surface area contributed by atoms with E-state index in [-0.39, 0.29) is 0 Å². The van der Waals surface area contributed by atoms with Gasteiger partial charge in [-0.3, -0.25) is 67.1 Å². The Morgan fingerprint density at radius 3 is 1.73 bits per heavy atom. The third kappa shape index (κ3) is 28.3. The van der Waals surface area contributed by atoms with Crippen molar-refractivity contribution in [3.05, 3.63) is 140 Å². The first-order chi connectivity index (χ1) is 56.8. The molecule has 20 atom stereocenters. The molecule has 4 aromatic rings. The summed E-state index contributed by atoms with van der Waals surface area (Å²) >= 11 is 6.64. The molecule has 3 aromatic carbocycles. The van der Waals surface area contributed by atoms with Gasteiger partial charge in [-0.05, 0) is 61.2 Å². The topological polar surface area (TPSA) is 696 Å². The van der Waals surface area contributed by atoms with Crippen LogP contribution in [0, 0.1) is 0 Å². The average Bonchev–Trinajstić information content (AvgIpc) is 1.49. The number of amides is 14. The SMILES string of the molecule is CC(/C=C/c1ccc(Br)cc1)=C\[C@H](O)C1CC(=O)N[C@@H](CO)C(=O)N[C@@H]2Cn3cc([n+]([C@@H]4OC(CO)[C@H](O)C(O)C4O)c3)C[C@H](NC(=O)C[C@H](O)CC(C(=O)[O-])NC(=O)CCNC(=O)[C@H](Cc3ccc(Br)cc3)NC(=O)[C@H]([C@@H](O)C(N)=O)NC(=O)[C@H](CC(N)=O)NC2=O)C(=O)NC([C@H](C)O)C(=O)N[C@@H](CO)C(=O)N[C@@H](Cc2ccccc2)C(=O)N1. The molecule has 0 spiro atoms. The highest BCUT2D eigenvalue weighted by Gasteiger charge is 2.49. The van der Waals surface area contributed by atoms with Gasteiger partial charge in [0.2, 0.25) is 95.3 Å². The number of imidazole rings is 1. The number of primary amides is 2. The van der Waals surface area contributed by atoms with E-state index >= 15 is 9.59 Å². The van der Waals surface area contributed by atoms with Crippen LogP contribution in [0.3, 0.4) is 0 Å². The highest BCUT2D eigenvalue weighted by atomic mass is 79.9. The van der Waals surface area contributed by atoms with Gasteiger partial charge in [0.05, 0.1) is 69.0 Å². The first-order valence-electron chi connectivity index (χ1n) is 37.4. The molecule has 3 aliphatic heterocycles. The van der Waals surface area contributed by atoms with E-state index in [1.165, 1.54) is 49.4 Å². The van der Waals surface area contributed by atoms with E-state index in [1.54, 1.807) is 54.6 Å². The lowest BCUT2D eigenvalue weighted by Gasteiger charge is -2.38. The second-order valence-electron chi connectivity index (χ2n) is 28.6. The maximum atomic E-state index is 15.3. The molecule has 43 nitrogen and oxygen atoms in total. The summed E-state index contributed by atoms with van der Waals surface area (Å²) in [7, 11) is 0. The van der Waals surface area contributed by atoms with Crippen LogP contribution < -0.4 is 84.9 Å². The fourth-order valence-electron chi connectivity index (χ4n) is 12.7. The Balaban J connectivity index is 1.44. The van der Waals surface area contributed by atoms with Crippen molar-refractivity contribution >= 4 is 127 Å². The third-order valence-corrected chi connectivity index (χ3v) is 20.2. The first-order valence-corrected chi connectivity index (χ1v) is 39.0. The summed E-state index contributed by atoms with van der Waals surface area (Å²) < 4.78 is 8.95. The van der Waals surface area contributed by atoms with E-state index in [1.807, 2.05) is 5.32 Å². The number of allylic oxidation sites excluding steroid dienone is 2. The van der Waals surface area contributed by atoms with Crippen LogP contribution in [0.25, 0.3) is 6.08 Å². The number of carbonyl (C=O) groups excluding carboxylic acids is 15. The van der Waals surface area contributed by atoms with Crippen LogP contribution in [-0.2, 0) is 102 Å². The van der Waals surface area contributed by atoms with Crippen molar-refractivity contribution in [2.75, 3.05) is 26.4 Å². The van der Waals surface area contributed by atoms with E-state index in [0.29, 0.717) is 26.7 Å². The number of nitrogens with two attached hydrogens (primary N) is 2. The summed E-state index contributed by atoms with van der Waals surface area (Å²) in [6.07, 6.45) is -20.1. The number of halogens is 2. The van der Waals surface area contributed by atoms with Gasteiger partial charge in [-0.25, -0.2) is 9.13 Å². The van der Waals surface area contributed by atoms with Gasteiger partial charge in [-0.2, -0.15) is 0 Å². The van der Waals surface area contributed by atoms with E-state index in [2.05, 4.69) is 90.3 Å². The van der Waals surface area contributed by atoms with Gasteiger partial charge in [0.1, 0.15) is 97.2 Å². The van der Waals surface area contributed by atoms with Gasteiger partial charge < -0.3 is 141 Å². The predicted octanol–water partition coefficient (Wildman–Crippen LogP) is -11.4. The van der Waals surface area contributed by atoms with Gasteiger partial charge in [-0.1, -0.05) is 110 Å². The Morgan fingerprint density at radius 2 is 1.12 bits per heavy atom. The highest BCUT2D eigenvalue weighted by molar-refractivity contribution is 9.10. The summed E-state index contributed by atoms with van der Waals surface area (Å²) in [6.45, 7) is -3.00. The van der Waals surface area contributed by atoms with Crippen molar-refractivity contribution < 1.29 is 137 Å². The monoisotopic (exact) mass is 1810 g/mol. The van der Waals surface area contributed by atoms with Gasteiger partial charge in [0.15, 0.2) is 6.10 Å². The molecule has 120 heavy (non-hydrogen) atoms. The number of fused-ring (bicyclic) bond motifs is 2. The largest absolute Gasteiger partial charge is 0.548 e. The zero-order chi connectivity index (χ0) is 88.5. The molecule has 0 saturated carbocycles. The summed E-state index contributed by atoms with van der Waals surface area (Å²) in [5, 5.41) is 152. The summed E-state index contributed by atoms with van der Waals surface area (Å²) in [4.78, 5) is 214. The van der Waals surface area contributed by atoms with Crippen molar-refractivity contribution in [3.8, 4) is 0 Å². The number of hydrogen-bond donors (Lipinski definition) is 24. The normalized spacial score (nSPS) is 28.1. The maximum Gasteiger partial charge on any atom is 0.248 e. The molecule has 7 rings (SSSR count). The minimum Gasteiger partial charge on any atom is -0.548 e. The lowest BCUT2D eigenvalue weighted by atomic mass is 9.98. The first kappa shape index (κ1) is 96.1. The molecule has 3 aliphatic rings. The number of benzene rings is 3. The third-order valence-electron chi connectivity index (χ3n) is 19.2. The maximum absolute atomic E-state index is 15.3. The van der Waals surface area contributed by atoms with Crippen LogP contribution in [0.15, 0.2) is 118 Å². The molecule has 26 N–H and O–H groups in total. The minimum absolute atomic E-state index is 0.313. The minimum atomic E-state index is -2.74. The van der Waals surface area contributed by atoms with Gasteiger partial charge in [0, 0.05) is 47.6 Å². The summed E-state index contributed by atoms with van der Waals surface area (Å²) in [5.74, 6) is -21.8. The molecular formula is C75H96Br2N16O27. The number of aromatic nitrogens is 2. The number of nitrogens with zero attached hydrogens (tertiary/aromatic N) is 2. The number of aliphatic hydroxyl groups is 10. The fraction of sp³-hybridized carbons (Fsp3) is 0.467. The lowest BCUT2D eigenvalue weighted by molar-refractivity contribution is -0.783. The fourth-order valence-corrected chi connectivity index (χ4v) is 13.3. The number of nitrogens with one attached hydrogen (secondary N) is 12. The van der Waals surface area contributed by atoms with Crippen molar-refractivity contribution in [3.63, 3.8) is 0 Å². The van der Waals surface area contributed by atoms with E-state index in [0.717, 1.165) is 33.1 Å². The van der Waals surface area contributed by atoms with Crippen LogP contribution in [0.1, 0.15) is 74.6 Å². The van der Waals surface area contributed by atoms with Crippen molar-refractivity contribution in [1.29, 1.82) is 0 Å². The number of ether oxygens (including phenoxy) is 1. The van der Waals surface area contributed by atoms with Crippen molar-refractivity contribution in [1.82, 2.24) is 68.4 Å². The number of aliphatic carboxylic acids is 1. The second-order valence-corrected chi connectivity index (χ2v) is 30.4. The molecule has 4 bridgehead atoms. The van der Waals surface area contributed by atoms with E-state index in [4.69, 9.17) is 16.2 Å². The molecule has 14 amide bonds. The number of carboxylic acid groups (broad SMARTS) is 1. The molecule has 6 unspecified atom stereocenters. The molecule has 4 heterocycles. The number of carbonyl (C=O) groups is 15. The molecular weight excluding hydrogens is 1720 g/mol. The standard InChI is InChI=1S/C75H96Br2N16O27/c1-34(8-9-36-10-14-39(76)15-11-36)20-52(99)43-27-57(103)83-50(30-94)70(114)88-49-29-92-28-41(93(33-92)74-63(107)62(106)60(104)53(32-96)120-74)23-46(67(111)90-58(35(2)97)72(116)89-51(31-95)71(115)85-45(66(110)84-43)21-37-6-4-3-5-7-37)81-56(102)25-42(98)24-48(75(118)119)82-55(101)18-19-80-65(109)44(22-38-12-16-40(77)17-13-38)87-73(117)59(61(105)64(79)108)91-68(112)47(26-54(78)100)86-69(49)113/h3-17,20,28,33,35,42-53,58-63,74,94-99,104-107H,18-19,21-27,29-32H2,1-2H3,(H16-,78,79,80,81,82,83,84,85,86,87,88,89,90,91,100,101,102,103,108,109,110,111,112,113,114,115,116,117,118,119)/b9-8+,34-20+/t35-,42+,43?,44-,45-,46-,47-,48?,49+,50-,51-,52-,53?,58?,59-,60-,61+,62?,63?,74+/m0/s1. The molecule has 1 aromatic heterocycles. The van der Waals surface area contributed by atoms with Crippen LogP contribution >= 0.6 is 31.9 Å². The Labute approximate surface area is 700 Å². The Morgan fingerprint density at radius 1 is 0.583 bits per heavy atom. The Kier molecular flexibility index (Phi) is 36.3. The zero-order valence-electron chi connectivity index (χ0n) is 64.3. The molecule has 652 valence electrons. The smallest absolute Gasteiger partial charge is 0.248 e. The molecule has 1 saturated heterocycles. The Hall–Kier alpha value is -11.1. The Bertz CT molecular complexity index is 4410. The van der Waals surface area contributed by atoms with Crippen LogP contribution in [0.5, 0.6) is 0 Å². The predicted molar refractivity (Wildman–Crippen MR) is 417 cm³/mol. The average molecular weight is 1810 g/mol. The van der Waals surface area contributed by atoms with Gasteiger partial charge in [0.25, 0.3) is 0 Å². The summed E-state index contributed by atoms with van der Waals surface area (Å²) in [6, 6.07) is -2.72. The number of rotatable bonds is 18. The number of carboxylic acids is 1. The van der Waals surface area contributed by atoms with E-state index < -0.39 is 300 Å². The molecule has 0 radical (unpaired) electrons. The number of hydrogen-bond acceptors (Lipinski definition) is 27. The van der Waals surface area contributed by atoms with Crippen LogP contribution in [0.2, 0.25) is 0 Å². The zero-order valence-corrected chi connectivity index (χ0v) is 67.5. The van der Waals surface area contributed by atoms with Crippen LogP contribution in [0.4, 0.5) is 0 Å². The molecule has 1 fully saturated rings. The van der Waals surface area contributed by atoms with E-state index in [9.17, 15) is 119 Å².